The van der Waals surface area contributed by atoms with Crippen molar-refractivity contribution >= 4 is 21.6 Å². The van der Waals surface area contributed by atoms with E-state index < -0.39 is 10.0 Å². The molecule has 0 bridgehead atoms. The SMILES string of the molecule is Cc1ccc(NS(C)(=O)=O)c(C(=O)NCc2ccncc2C)c1. The van der Waals surface area contributed by atoms with Gasteiger partial charge in [-0.05, 0) is 43.2 Å². The van der Waals surface area contributed by atoms with Crippen LogP contribution in [0.5, 0.6) is 0 Å². The molecule has 1 aromatic heterocycles. The lowest BCUT2D eigenvalue weighted by atomic mass is 10.1. The molecule has 0 radical (unpaired) electrons. The molecule has 0 aliphatic heterocycles. The van der Waals surface area contributed by atoms with Gasteiger partial charge in [-0.2, -0.15) is 0 Å². The van der Waals surface area contributed by atoms with Crippen LogP contribution in [-0.2, 0) is 16.6 Å². The number of carbonyl (C=O) groups is 1. The number of sulfonamides is 1. The van der Waals surface area contributed by atoms with Gasteiger partial charge in [0.05, 0.1) is 17.5 Å². The van der Waals surface area contributed by atoms with Gasteiger partial charge in [-0.3, -0.25) is 14.5 Å². The second kappa shape index (κ2) is 6.78. The van der Waals surface area contributed by atoms with Crippen molar-refractivity contribution in [3.63, 3.8) is 0 Å². The monoisotopic (exact) mass is 333 g/mol. The third-order valence-corrected chi connectivity index (χ3v) is 3.88. The highest BCUT2D eigenvalue weighted by Crippen LogP contribution is 2.19. The molecule has 2 aromatic rings. The van der Waals surface area contributed by atoms with Crippen molar-refractivity contribution in [1.29, 1.82) is 0 Å². The van der Waals surface area contributed by atoms with E-state index in [1.807, 2.05) is 19.9 Å². The Labute approximate surface area is 136 Å². The van der Waals surface area contributed by atoms with Gasteiger partial charge >= 0.3 is 0 Å². The highest BCUT2D eigenvalue weighted by molar-refractivity contribution is 7.92. The first kappa shape index (κ1) is 17.0. The summed E-state index contributed by atoms with van der Waals surface area (Å²) < 4.78 is 25.2. The van der Waals surface area contributed by atoms with Gasteiger partial charge in [-0.1, -0.05) is 11.6 Å². The molecule has 6 nitrogen and oxygen atoms in total. The van der Waals surface area contributed by atoms with E-state index in [0.717, 1.165) is 22.9 Å². The molecule has 122 valence electrons. The van der Waals surface area contributed by atoms with E-state index in [-0.39, 0.29) is 11.6 Å². The fourth-order valence-electron chi connectivity index (χ4n) is 2.11. The summed E-state index contributed by atoms with van der Waals surface area (Å²) in [5.74, 6) is -0.337. The summed E-state index contributed by atoms with van der Waals surface area (Å²) in [4.78, 5) is 16.4. The van der Waals surface area contributed by atoms with Gasteiger partial charge in [0.15, 0.2) is 0 Å². The number of amides is 1. The number of anilines is 1. The molecule has 2 N–H and O–H groups in total. The molecule has 1 heterocycles. The molecule has 7 heteroatoms. The van der Waals surface area contributed by atoms with Gasteiger partial charge in [0.25, 0.3) is 5.91 Å². The Morgan fingerprint density at radius 1 is 1.22 bits per heavy atom. The molecule has 0 aliphatic carbocycles. The van der Waals surface area contributed by atoms with Gasteiger partial charge < -0.3 is 5.32 Å². The second-order valence-corrected chi connectivity index (χ2v) is 7.16. The highest BCUT2D eigenvalue weighted by Gasteiger charge is 2.14. The smallest absolute Gasteiger partial charge is 0.253 e. The van der Waals surface area contributed by atoms with E-state index in [9.17, 15) is 13.2 Å². The summed E-state index contributed by atoms with van der Waals surface area (Å²) in [7, 11) is -3.46. The Balaban J connectivity index is 2.21. The van der Waals surface area contributed by atoms with Crippen LogP contribution in [0, 0.1) is 13.8 Å². The Morgan fingerprint density at radius 2 is 1.96 bits per heavy atom. The number of nitrogens with one attached hydrogen (secondary N) is 2. The molecule has 2 rings (SSSR count). The van der Waals surface area contributed by atoms with Crippen molar-refractivity contribution in [2.45, 2.75) is 20.4 Å². The topological polar surface area (TPSA) is 88.2 Å². The Morgan fingerprint density at radius 3 is 2.61 bits per heavy atom. The minimum absolute atomic E-state index is 0.266. The van der Waals surface area contributed by atoms with Crippen LogP contribution < -0.4 is 10.0 Å². The molecule has 0 saturated carbocycles. The Kier molecular flexibility index (Phi) is 5.00. The lowest BCUT2D eigenvalue weighted by Gasteiger charge is -2.12. The minimum atomic E-state index is -3.46. The summed E-state index contributed by atoms with van der Waals surface area (Å²) in [6.45, 7) is 4.10. The van der Waals surface area contributed by atoms with Crippen LogP contribution in [0.2, 0.25) is 0 Å². The molecule has 23 heavy (non-hydrogen) atoms. The van der Waals surface area contributed by atoms with Crippen molar-refractivity contribution in [3.05, 3.63) is 58.9 Å². The fraction of sp³-hybridized carbons (Fsp3) is 0.250. The molecular weight excluding hydrogens is 314 g/mol. The normalized spacial score (nSPS) is 11.1. The summed E-state index contributed by atoms with van der Waals surface area (Å²) in [6.07, 6.45) is 4.44. The molecule has 0 aliphatic rings. The molecule has 1 aromatic carbocycles. The van der Waals surface area contributed by atoms with Crippen LogP contribution in [0.15, 0.2) is 36.7 Å². The first-order valence-electron chi connectivity index (χ1n) is 7.02. The summed E-state index contributed by atoms with van der Waals surface area (Å²) >= 11 is 0. The maximum Gasteiger partial charge on any atom is 0.253 e. The number of nitrogens with zero attached hydrogens (tertiary/aromatic N) is 1. The number of hydrogen-bond acceptors (Lipinski definition) is 4. The van der Waals surface area contributed by atoms with Crippen LogP contribution in [0.25, 0.3) is 0 Å². The number of aryl methyl sites for hydroxylation is 2. The highest BCUT2D eigenvalue weighted by atomic mass is 32.2. The maximum absolute atomic E-state index is 12.4. The maximum atomic E-state index is 12.4. The minimum Gasteiger partial charge on any atom is -0.348 e. The first-order chi connectivity index (χ1) is 10.8. The van der Waals surface area contributed by atoms with Crippen molar-refractivity contribution in [2.75, 3.05) is 11.0 Å². The number of carbonyl (C=O) groups excluding carboxylic acids is 1. The Hall–Kier alpha value is -2.41. The van der Waals surface area contributed by atoms with Gasteiger partial charge in [-0.15, -0.1) is 0 Å². The fourth-order valence-corrected chi connectivity index (χ4v) is 2.68. The van der Waals surface area contributed by atoms with Gasteiger partial charge in [0.1, 0.15) is 0 Å². The molecule has 0 unspecified atom stereocenters. The lowest BCUT2D eigenvalue weighted by Crippen LogP contribution is -2.25. The number of rotatable bonds is 5. The average molecular weight is 333 g/mol. The van der Waals surface area contributed by atoms with Crippen molar-refractivity contribution in [3.8, 4) is 0 Å². The van der Waals surface area contributed by atoms with E-state index >= 15 is 0 Å². The van der Waals surface area contributed by atoms with E-state index in [2.05, 4.69) is 15.0 Å². The predicted octanol–water partition coefficient (Wildman–Crippen LogP) is 2.00. The largest absolute Gasteiger partial charge is 0.348 e. The van der Waals surface area contributed by atoms with Gasteiger partial charge in [-0.25, -0.2) is 8.42 Å². The first-order valence-corrected chi connectivity index (χ1v) is 8.91. The molecule has 0 atom stereocenters. The molecule has 1 amide bonds. The third kappa shape index (κ3) is 4.79. The van der Waals surface area contributed by atoms with E-state index in [4.69, 9.17) is 0 Å². The lowest BCUT2D eigenvalue weighted by molar-refractivity contribution is 0.0951. The zero-order valence-electron chi connectivity index (χ0n) is 13.3. The predicted molar refractivity (Wildman–Crippen MR) is 89.8 cm³/mol. The van der Waals surface area contributed by atoms with Crippen molar-refractivity contribution in [2.24, 2.45) is 0 Å². The van der Waals surface area contributed by atoms with Crippen LogP contribution >= 0.6 is 0 Å². The van der Waals surface area contributed by atoms with Crippen LogP contribution in [-0.4, -0.2) is 25.6 Å². The molecular formula is C16H19N3O3S. The van der Waals surface area contributed by atoms with Crippen LogP contribution in [0.1, 0.15) is 27.0 Å². The quantitative estimate of drug-likeness (QED) is 0.876. The molecule has 0 fully saturated rings. The van der Waals surface area contributed by atoms with Crippen molar-refractivity contribution < 1.29 is 13.2 Å². The molecule has 0 spiro atoms. The molecule has 0 saturated heterocycles. The van der Waals surface area contributed by atoms with Crippen LogP contribution in [0.3, 0.4) is 0 Å². The van der Waals surface area contributed by atoms with Crippen molar-refractivity contribution in [1.82, 2.24) is 10.3 Å². The Bertz CT molecular complexity index is 832. The second-order valence-electron chi connectivity index (χ2n) is 5.41. The summed E-state index contributed by atoms with van der Waals surface area (Å²) in [5, 5.41) is 2.81. The standard InChI is InChI=1S/C16H19N3O3S/c1-11-4-5-15(19-23(3,21)22)14(8-11)16(20)18-10-13-6-7-17-9-12(13)2/h4-9,19H,10H2,1-3H3,(H,18,20). The van der Waals surface area contributed by atoms with E-state index in [1.165, 1.54) is 0 Å². The number of aromatic nitrogens is 1. The van der Waals surface area contributed by atoms with E-state index in [0.29, 0.717) is 12.1 Å². The summed E-state index contributed by atoms with van der Waals surface area (Å²) in [5.41, 5.74) is 3.36. The number of benzene rings is 1. The van der Waals surface area contributed by atoms with Gasteiger partial charge in [0, 0.05) is 18.9 Å². The van der Waals surface area contributed by atoms with E-state index in [1.54, 1.807) is 30.6 Å². The summed E-state index contributed by atoms with van der Waals surface area (Å²) in [6, 6.07) is 6.82. The average Bonchev–Trinajstić information content (AvgIpc) is 2.46. The zero-order valence-corrected chi connectivity index (χ0v) is 14.1. The number of hydrogen-bond donors (Lipinski definition) is 2. The van der Waals surface area contributed by atoms with Crippen LogP contribution in [0.4, 0.5) is 5.69 Å². The number of pyridine rings is 1. The van der Waals surface area contributed by atoms with Gasteiger partial charge in [0.2, 0.25) is 10.0 Å². The zero-order chi connectivity index (χ0) is 17.0. The third-order valence-electron chi connectivity index (χ3n) is 3.29.